The van der Waals surface area contributed by atoms with Crippen molar-refractivity contribution >= 4 is 27.2 Å². The minimum atomic E-state index is -3.83. The van der Waals surface area contributed by atoms with Gasteiger partial charge in [0.05, 0.1) is 11.4 Å². The number of nitrogen functional groups attached to an aromatic ring is 1. The molecule has 1 aromatic carbocycles. The molecule has 18 heavy (non-hydrogen) atoms. The van der Waals surface area contributed by atoms with E-state index in [4.69, 9.17) is 10.9 Å². The Balaban J connectivity index is 2.41. The number of hydrogen-bond donors (Lipinski definition) is 3. The van der Waals surface area contributed by atoms with Gasteiger partial charge in [0, 0.05) is 19.3 Å². The van der Waals surface area contributed by atoms with Crippen molar-refractivity contribution < 1.29 is 8.42 Å². The van der Waals surface area contributed by atoms with Crippen molar-refractivity contribution in [2.75, 3.05) is 11.1 Å². The number of nitrogens with two attached hydrogens (primary N) is 2. The van der Waals surface area contributed by atoms with Crippen LogP contribution in [0, 0.1) is 0 Å². The molecule has 5 N–H and O–H groups in total. The van der Waals surface area contributed by atoms with E-state index in [0.29, 0.717) is 11.5 Å². The van der Waals surface area contributed by atoms with Gasteiger partial charge in [0.15, 0.2) is 5.82 Å². The van der Waals surface area contributed by atoms with Crippen LogP contribution in [0.3, 0.4) is 0 Å². The van der Waals surface area contributed by atoms with Crippen LogP contribution in [0.25, 0.3) is 0 Å². The third-order valence-electron chi connectivity index (χ3n) is 2.35. The van der Waals surface area contributed by atoms with Crippen molar-refractivity contribution in [1.29, 1.82) is 0 Å². The van der Waals surface area contributed by atoms with Gasteiger partial charge in [-0.3, -0.25) is 4.68 Å². The van der Waals surface area contributed by atoms with Crippen LogP contribution in [0.2, 0.25) is 0 Å². The molecule has 0 bridgehead atoms. The monoisotopic (exact) mass is 267 g/mol. The smallest absolute Gasteiger partial charge is 0.240 e. The standard InChI is InChI=1S/C10H13N5O2S/c1-15-6-5-9(14-15)13-7-3-2-4-8(10(7)11)18(12,16)17/h2-6H,11H2,1H3,(H,13,14)(H2,12,16,17). The summed E-state index contributed by atoms with van der Waals surface area (Å²) in [4.78, 5) is -0.108. The summed E-state index contributed by atoms with van der Waals surface area (Å²) in [7, 11) is -2.06. The Bertz CT molecular complexity index is 677. The fraction of sp³-hybridized carbons (Fsp3) is 0.100. The molecule has 0 aliphatic heterocycles. The molecule has 0 spiro atoms. The molecular weight excluding hydrogens is 254 g/mol. The van der Waals surface area contributed by atoms with Crippen LogP contribution in [-0.2, 0) is 17.1 Å². The lowest BCUT2D eigenvalue weighted by atomic mass is 10.2. The van der Waals surface area contributed by atoms with Gasteiger partial charge in [-0.15, -0.1) is 0 Å². The number of sulfonamides is 1. The number of hydrogen-bond acceptors (Lipinski definition) is 5. The van der Waals surface area contributed by atoms with Gasteiger partial charge in [0.2, 0.25) is 10.0 Å². The largest absolute Gasteiger partial charge is 0.396 e. The molecule has 96 valence electrons. The van der Waals surface area contributed by atoms with E-state index in [2.05, 4.69) is 10.4 Å². The van der Waals surface area contributed by atoms with Crippen LogP contribution < -0.4 is 16.2 Å². The summed E-state index contributed by atoms with van der Waals surface area (Å²) in [5.41, 5.74) is 6.29. The zero-order valence-corrected chi connectivity index (χ0v) is 10.5. The molecule has 2 aromatic rings. The molecule has 7 nitrogen and oxygen atoms in total. The van der Waals surface area contributed by atoms with Crippen LogP contribution in [0.4, 0.5) is 17.2 Å². The van der Waals surface area contributed by atoms with Crippen LogP contribution in [0.5, 0.6) is 0 Å². The maximum atomic E-state index is 11.3. The third-order valence-corrected chi connectivity index (χ3v) is 3.32. The number of primary sulfonamides is 1. The molecular formula is C10H13N5O2S. The van der Waals surface area contributed by atoms with Crippen molar-refractivity contribution in [3.8, 4) is 0 Å². The van der Waals surface area contributed by atoms with Gasteiger partial charge in [-0.05, 0) is 12.1 Å². The summed E-state index contributed by atoms with van der Waals surface area (Å²) in [6, 6.07) is 6.30. The molecule has 0 aliphatic carbocycles. The molecule has 0 atom stereocenters. The molecule has 0 saturated heterocycles. The zero-order chi connectivity index (χ0) is 13.3. The topological polar surface area (TPSA) is 116 Å². The SMILES string of the molecule is Cn1ccc(Nc2cccc(S(N)(=O)=O)c2N)n1. The first-order valence-electron chi connectivity index (χ1n) is 5.06. The lowest BCUT2D eigenvalue weighted by Gasteiger charge is -2.09. The summed E-state index contributed by atoms with van der Waals surface area (Å²) in [5, 5.41) is 12.1. The Labute approximate surface area is 104 Å². The Morgan fingerprint density at radius 2 is 2.06 bits per heavy atom. The maximum Gasteiger partial charge on any atom is 0.240 e. The van der Waals surface area contributed by atoms with E-state index < -0.39 is 10.0 Å². The van der Waals surface area contributed by atoms with Crippen LogP contribution in [-0.4, -0.2) is 18.2 Å². The first-order chi connectivity index (χ1) is 8.38. The molecule has 2 rings (SSSR count). The van der Waals surface area contributed by atoms with Crippen molar-refractivity contribution in [3.63, 3.8) is 0 Å². The molecule has 8 heteroatoms. The normalized spacial score (nSPS) is 11.4. The van der Waals surface area contributed by atoms with E-state index >= 15 is 0 Å². The lowest BCUT2D eigenvalue weighted by Crippen LogP contribution is -2.15. The predicted molar refractivity (Wildman–Crippen MR) is 68.7 cm³/mol. The lowest BCUT2D eigenvalue weighted by molar-refractivity contribution is 0.598. The van der Waals surface area contributed by atoms with E-state index in [0.717, 1.165) is 0 Å². The second kappa shape index (κ2) is 4.31. The van der Waals surface area contributed by atoms with Crippen LogP contribution in [0.15, 0.2) is 35.4 Å². The van der Waals surface area contributed by atoms with E-state index in [1.54, 1.807) is 36.1 Å². The predicted octanol–water partition coefficient (Wildman–Crippen LogP) is 0.393. The highest BCUT2D eigenvalue weighted by molar-refractivity contribution is 7.89. The number of aryl methyl sites for hydroxylation is 1. The van der Waals surface area contributed by atoms with Gasteiger partial charge < -0.3 is 11.1 Å². The first kappa shape index (κ1) is 12.4. The van der Waals surface area contributed by atoms with Crippen LogP contribution in [0.1, 0.15) is 0 Å². The van der Waals surface area contributed by atoms with E-state index in [9.17, 15) is 8.42 Å². The molecule has 0 saturated carbocycles. The fourth-order valence-electron chi connectivity index (χ4n) is 1.52. The average molecular weight is 267 g/mol. The molecule has 0 fully saturated rings. The minimum absolute atomic E-state index is 0.0747. The van der Waals surface area contributed by atoms with Crippen molar-refractivity contribution in [2.24, 2.45) is 12.2 Å². The average Bonchev–Trinajstić information content (AvgIpc) is 2.65. The second-order valence-corrected chi connectivity index (χ2v) is 5.29. The third kappa shape index (κ3) is 2.44. The molecule has 0 radical (unpaired) electrons. The van der Waals surface area contributed by atoms with Gasteiger partial charge in [0.1, 0.15) is 4.90 Å². The number of para-hydroxylation sites is 1. The van der Waals surface area contributed by atoms with Crippen molar-refractivity contribution in [3.05, 3.63) is 30.5 Å². The van der Waals surface area contributed by atoms with Gasteiger partial charge >= 0.3 is 0 Å². The highest BCUT2D eigenvalue weighted by atomic mass is 32.2. The summed E-state index contributed by atoms with van der Waals surface area (Å²) in [5.74, 6) is 0.566. The number of nitrogens with one attached hydrogen (secondary N) is 1. The number of rotatable bonds is 3. The number of aromatic nitrogens is 2. The van der Waals surface area contributed by atoms with E-state index in [1.165, 1.54) is 6.07 Å². The molecule has 0 unspecified atom stereocenters. The summed E-state index contributed by atoms with van der Waals surface area (Å²) in [6.45, 7) is 0. The Kier molecular flexibility index (Phi) is 2.97. The molecule has 1 heterocycles. The van der Waals surface area contributed by atoms with Gasteiger partial charge in [-0.1, -0.05) is 6.07 Å². The van der Waals surface area contributed by atoms with Crippen LogP contribution >= 0.6 is 0 Å². The second-order valence-electron chi connectivity index (χ2n) is 3.76. The van der Waals surface area contributed by atoms with Gasteiger partial charge in [-0.2, -0.15) is 5.10 Å². The fourth-order valence-corrected chi connectivity index (χ4v) is 2.21. The highest BCUT2D eigenvalue weighted by Crippen LogP contribution is 2.27. The van der Waals surface area contributed by atoms with E-state index in [1.807, 2.05) is 0 Å². The summed E-state index contributed by atoms with van der Waals surface area (Å²) >= 11 is 0. The zero-order valence-electron chi connectivity index (χ0n) is 9.66. The Morgan fingerprint density at radius 3 is 2.61 bits per heavy atom. The summed E-state index contributed by atoms with van der Waals surface area (Å²) < 4.78 is 24.2. The highest BCUT2D eigenvalue weighted by Gasteiger charge is 2.15. The number of anilines is 3. The molecule has 0 aliphatic rings. The quantitative estimate of drug-likeness (QED) is 0.696. The van der Waals surface area contributed by atoms with E-state index in [-0.39, 0.29) is 10.6 Å². The Hall–Kier alpha value is -2.06. The number of benzene rings is 1. The van der Waals surface area contributed by atoms with Gasteiger partial charge in [0.25, 0.3) is 0 Å². The first-order valence-corrected chi connectivity index (χ1v) is 6.60. The van der Waals surface area contributed by atoms with Crippen molar-refractivity contribution in [1.82, 2.24) is 9.78 Å². The minimum Gasteiger partial charge on any atom is -0.396 e. The number of nitrogens with zero attached hydrogens (tertiary/aromatic N) is 2. The van der Waals surface area contributed by atoms with Crippen molar-refractivity contribution in [2.45, 2.75) is 4.90 Å². The van der Waals surface area contributed by atoms with Gasteiger partial charge in [-0.25, -0.2) is 13.6 Å². The Morgan fingerprint density at radius 1 is 1.33 bits per heavy atom. The molecule has 0 amide bonds. The summed E-state index contributed by atoms with van der Waals surface area (Å²) in [6.07, 6.45) is 1.75. The molecule has 1 aromatic heterocycles. The maximum absolute atomic E-state index is 11.3.